The fourth-order valence-corrected chi connectivity index (χ4v) is 3.10. The lowest BCUT2D eigenvalue weighted by molar-refractivity contribution is -0.120. The minimum atomic E-state index is -0.162. The van der Waals surface area contributed by atoms with Crippen LogP contribution in [0.3, 0.4) is 0 Å². The molecular weight excluding hydrogens is 497 g/mol. The van der Waals surface area contributed by atoms with E-state index in [0.29, 0.717) is 32.1 Å². The summed E-state index contributed by atoms with van der Waals surface area (Å²) in [6.45, 7) is 4.44. The van der Waals surface area contributed by atoms with Crippen molar-refractivity contribution >= 4 is 47.4 Å². The fourth-order valence-electron chi connectivity index (χ4n) is 3.10. The quantitative estimate of drug-likeness (QED) is 0.333. The molecule has 30 heavy (non-hydrogen) atoms. The molecule has 0 radical (unpaired) electrons. The molecule has 162 valence electrons. The Bertz CT molecular complexity index is 869. The van der Waals surface area contributed by atoms with Crippen LogP contribution >= 0.6 is 24.0 Å². The van der Waals surface area contributed by atoms with E-state index in [1.807, 2.05) is 55.4 Å². The van der Waals surface area contributed by atoms with E-state index in [1.165, 1.54) is 0 Å². The number of hydrogen-bond donors (Lipinski definition) is 2. The number of aromatic nitrogens is 2. The molecule has 2 heterocycles. The molecule has 1 aromatic heterocycles. The summed E-state index contributed by atoms with van der Waals surface area (Å²) < 4.78 is 1.68. The number of halogens is 1. The number of guanidine groups is 1. The monoisotopic (exact) mass is 525 g/mol. The summed E-state index contributed by atoms with van der Waals surface area (Å²) in [6.07, 6.45) is 3.51. The van der Waals surface area contributed by atoms with Gasteiger partial charge in [-0.05, 0) is 12.5 Å². The van der Waals surface area contributed by atoms with Crippen LogP contribution in [-0.4, -0.2) is 65.2 Å². The predicted octanol–water partition coefficient (Wildman–Crippen LogP) is 0.969. The average molecular weight is 525 g/mol. The Hall–Kier alpha value is -2.63. The molecule has 0 saturated carbocycles. The van der Waals surface area contributed by atoms with Crippen molar-refractivity contribution in [2.75, 3.05) is 37.6 Å². The molecular formula is C20H28IN7O2. The van der Waals surface area contributed by atoms with Gasteiger partial charge in [0.25, 0.3) is 0 Å². The average Bonchev–Trinajstić information content (AvgIpc) is 3.16. The number of hydrogen-bond acceptors (Lipinski definition) is 4. The molecule has 1 aliphatic heterocycles. The molecule has 3 rings (SSSR count). The highest BCUT2D eigenvalue weighted by atomic mass is 127. The lowest BCUT2D eigenvalue weighted by atomic mass is 10.2. The second-order valence-electron chi connectivity index (χ2n) is 6.77. The molecule has 9 nitrogen and oxygen atoms in total. The van der Waals surface area contributed by atoms with Crippen LogP contribution in [0.4, 0.5) is 5.69 Å². The van der Waals surface area contributed by atoms with Crippen LogP contribution in [0.15, 0.2) is 47.7 Å². The van der Waals surface area contributed by atoms with Crippen molar-refractivity contribution in [3.63, 3.8) is 0 Å². The number of aryl methyl sites for hydroxylation is 1. The number of amides is 2. The van der Waals surface area contributed by atoms with Crippen molar-refractivity contribution in [3.8, 4) is 0 Å². The fraction of sp³-hybridized carbons (Fsp3) is 0.400. The Morgan fingerprint density at radius 1 is 1.20 bits per heavy atom. The van der Waals surface area contributed by atoms with Crippen molar-refractivity contribution in [2.24, 2.45) is 12.0 Å². The lowest BCUT2D eigenvalue weighted by Crippen LogP contribution is -2.55. The van der Waals surface area contributed by atoms with Crippen LogP contribution in [0.1, 0.15) is 12.5 Å². The standard InChI is InChI=1S/C20H27N7O2.HI/c1-3-21-20(23-13-18(28)22-11-16-7-5-4-6-8-16)26-9-10-27(19(29)15-26)17-12-24-25(2)14-17;/h4-8,12,14H,3,9-11,13,15H2,1-2H3,(H,21,23)(H,22,28);1H. The molecule has 0 atom stereocenters. The maximum absolute atomic E-state index is 12.6. The topological polar surface area (TPSA) is 94.9 Å². The number of carbonyl (C=O) groups excluding carboxylic acids is 2. The van der Waals surface area contributed by atoms with Gasteiger partial charge in [0.05, 0.1) is 11.9 Å². The zero-order valence-electron chi connectivity index (χ0n) is 17.2. The molecule has 1 aromatic carbocycles. The van der Waals surface area contributed by atoms with Gasteiger partial charge in [-0.15, -0.1) is 24.0 Å². The third-order valence-corrected chi connectivity index (χ3v) is 4.56. The Morgan fingerprint density at radius 3 is 2.60 bits per heavy atom. The van der Waals surface area contributed by atoms with Gasteiger partial charge in [-0.25, -0.2) is 4.99 Å². The first-order valence-electron chi connectivity index (χ1n) is 9.69. The SMILES string of the molecule is CCNC(=NCC(=O)NCc1ccccc1)N1CCN(c2cnn(C)c2)C(=O)C1.I. The number of aliphatic imine (C=N–C) groups is 1. The Balaban J connectivity index is 0.00000320. The highest BCUT2D eigenvalue weighted by molar-refractivity contribution is 14.0. The van der Waals surface area contributed by atoms with Crippen molar-refractivity contribution in [3.05, 3.63) is 48.3 Å². The Labute approximate surface area is 193 Å². The summed E-state index contributed by atoms with van der Waals surface area (Å²) in [6, 6.07) is 9.73. The minimum Gasteiger partial charge on any atom is -0.356 e. The van der Waals surface area contributed by atoms with Gasteiger partial charge in [-0.2, -0.15) is 5.10 Å². The summed E-state index contributed by atoms with van der Waals surface area (Å²) in [5, 5.41) is 10.2. The van der Waals surface area contributed by atoms with Crippen LogP contribution < -0.4 is 15.5 Å². The Morgan fingerprint density at radius 2 is 1.97 bits per heavy atom. The number of carbonyl (C=O) groups is 2. The summed E-state index contributed by atoms with van der Waals surface area (Å²) in [7, 11) is 1.82. The van der Waals surface area contributed by atoms with Crippen molar-refractivity contribution in [1.29, 1.82) is 0 Å². The molecule has 0 spiro atoms. The molecule has 2 aromatic rings. The minimum absolute atomic E-state index is 0. The second-order valence-corrected chi connectivity index (χ2v) is 6.77. The maximum atomic E-state index is 12.6. The summed E-state index contributed by atoms with van der Waals surface area (Å²) in [5.74, 6) is 0.384. The van der Waals surface area contributed by atoms with Gasteiger partial charge in [0, 0.05) is 39.4 Å². The van der Waals surface area contributed by atoms with E-state index >= 15 is 0 Å². The number of nitrogens with one attached hydrogen (secondary N) is 2. The van der Waals surface area contributed by atoms with Gasteiger partial charge in [0.2, 0.25) is 11.8 Å². The van der Waals surface area contributed by atoms with Crippen molar-refractivity contribution in [2.45, 2.75) is 13.5 Å². The van der Waals surface area contributed by atoms with E-state index < -0.39 is 0 Å². The number of nitrogens with zero attached hydrogens (tertiary/aromatic N) is 5. The number of piperazine rings is 1. The normalized spacial score (nSPS) is 14.3. The van der Waals surface area contributed by atoms with E-state index in [0.717, 1.165) is 11.3 Å². The largest absolute Gasteiger partial charge is 0.356 e. The van der Waals surface area contributed by atoms with Gasteiger partial charge >= 0.3 is 0 Å². The molecule has 0 aliphatic carbocycles. The van der Waals surface area contributed by atoms with Gasteiger partial charge in [0.15, 0.2) is 5.96 Å². The second kappa shape index (κ2) is 11.5. The number of anilines is 1. The molecule has 1 fully saturated rings. The number of rotatable bonds is 6. The molecule has 0 bridgehead atoms. The van der Waals surface area contributed by atoms with Gasteiger partial charge < -0.3 is 20.4 Å². The molecule has 1 saturated heterocycles. The van der Waals surface area contributed by atoms with E-state index in [2.05, 4.69) is 20.7 Å². The predicted molar refractivity (Wildman–Crippen MR) is 127 cm³/mol. The highest BCUT2D eigenvalue weighted by Gasteiger charge is 2.27. The van der Waals surface area contributed by atoms with E-state index in [9.17, 15) is 9.59 Å². The highest BCUT2D eigenvalue weighted by Crippen LogP contribution is 2.16. The van der Waals surface area contributed by atoms with E-state index in [-0.39, 0.29) is 48.9 Å². The molecule has 2 N–H and O–H groups in total. The zero-order valence-corrected chi connectivity index (χ0v) is 19.6. The molecule has 0 unspecified atom stereocenters. The van der Waals surface area contributed by atoms with Crippen molar-refractivity contribution < 1.29 is 9.59 Å². The van der Waals surface area contributed by atoms with Crippen molar-refractivity contribution in [1.82, 2.24) is 25.3 Å². The zero-order chi connectivity index (χ0) is 20.6. The first kappa shape index (κ1) is 23.6. The molecule has 1 aliphatic rings. The van der Waals surface area contributed by atoms with Crippen LogP contribution in [0.25, 0.3) is 0 Å². The van der Waals surface area contributed by atoms with E-state index in [1.54, 1.807) is 15.8 Å². The van der Waals surface area contributed by atoms with Gasteiger partial charge in [-0.3, -0.25) is 14.3 Å². The van der Waals surface area contributed by atoms with Gasteiger partial charge in [-0.1, -0.05) is 30.3 Å². The van der Waals surface area contributed by atoms with Crippen LogP contribution in [0, 0.1) is 0 Å². The summed E-state index contributed by atoms with van der Waals surface area (Å²) in [5.41, 5.74) is 1.83. The lowest BCUT2D eigenvalue weighted by Gasteiger charge is -2.35. The number of benzene rings is 1. The molecule has 2 amide bonds. The Kier molecular flexibility index (Phi) is 9.09. The summed E-state index contributed by atoms with van der Waals surface area (Å²) >= 11 is 0. The summed E-state index contributed by atoms with van der Waals surface area (Å²) in [4.78, 5) is 32.8. The van der Waals surface area contributed by atoms with E-state index in [4.69, 9.17) is 0 Å². The third-order valence-electron chi connectivity index (χ3n) is 4.56. The first-order chi connectivity index (χ1) is 14.1. The van der Waals surface area contributed by atoms with Crippen LogP contribution in [0.2, 0.25) is 0 Å². The van der Waals surface area contributed by atoms with Crippen LogP contribution in [-0.2, 0) is 23.2 Å². The smallest absolute Gasteiger partial charge is 0.246 e. The first-order valence-corrected chi connectivity index (χ1v) is 9.69. The van der Waals surface area contributed by atoms with Gasteiger partial charge in [0.1, 0.15) is 13.1 Å². The van der Waals surface area contributed by atoms with Crippen LogP contribution in [0.5, 0.6) is 0 Å². The maximum Gasteiger partial charge on any atom is 0.246 e. The third kappa shape index (κ3) is 6.44. The molecule has 10 heteroatoms.